The lowest BCUT2D eigenvalue weighted by molar-refractivity contribution is 0.280. The molecule has 0 N–H and O–H groups in total. The van der Waals surface area contributed by atoms with E-state index in [2.05, 4.69) is 20.4 Å². The molecule has 0 heteroatoms. The molecule has 0 spiro atoms. The molecule has 11 heavy (non-hydrogen) atoms. The minimum atomic E-state index is 0.945. The highest BCUT2D eigenvalue weighted by Crippen LogP contribution is 2.34. The van der Waals surface area contributed by atoms with Gasteiger partial charge in [-0.25, -0.2) is 0 Å². The monoisotopic (exact) mass is 152 g/mol. The summed E-state index contributed by atoms with van der Waals surface area (Å²) in [7, 11) is 0. The summed E-state index contributed by atoms with van der Waals surface area (Å²) in [5.41, 5.74) is 1.49. The normalized spacial score (nSPS) is 32.4. The van der Waals surface area contributed by atoms with Crippen molar-refractivity contribution in [1.82, 2.24) is 0 Å². The standard InChI is InChI=1S/C11H20/c1-4-5-11-8-9(2)6-7-10(11)3/h10-11H,2,4-8H2,1,3H3. The summed E-state index contributed by atoms with van der Waals surface area (Å²) in [5.74, 6) is 1.89. The molecule has 1 rings (SSSR count). The highest BCUT2D eigenvalue weighted by atomic mass is 14.3. The highest BCUT2D eigenvalue weighted by Gasteiger charge is 2.21. The molecule has 2 atom stereocenters. The number of allylic oxidation sites excluding steroid dienone is 1. The Morgan fingerprint density at radius 1 is 1.55 bits per heavy atom. The summed E-state index contributed by atoms with van der Waals surface area (Å²) in [4.78, 5) is 0. The van der Waals surface area contributed by atoms with E-state index < -0.39 is 0 Å². The van der Waals surface area contributed by atoms with Crippen LogP contribution in [0.5, 0.6) is 0 Å². The van der Waals surface area contributed by atoms with E-state index in [1.165, 1.54) is 37.7 Å². The highest BCUT2D eigenvalue weighted by molar-refractivity contribution is 5.00. The smallest absolute Gasteiger partial charge is 0.0292 e. The third kappa shape index (κ3) is 2.36. The van der Waals surface area contributed by atoms with E-state index in [1.807, 2.05) is 0 Å². The van der Waals surface area contributed by atoms with Gasteiger partial charge in [0, 0.05) is 0 Å². The van der Waals surface area contributed by atoms with Gasteiger partial charge in [-0.3, -0.25) is 0 Å². The van der Waals surface area contributed by atoms with E-state index in [4.69, 9.17) is 0 Å². The van der Waals surface area contributed by atoms with E-state index in [1.54, 1.807) is 0 Å². The Labute approximate surface area is 70.7 Å². The van der Waals surface area contributed by atoms with Crippen molar-refractivity contribution in [3.05, 3.63) is 12.2 Å². The van der Waals surface area contributed by atoms with Crippen LogP contribution < -0.4 is 0 Å². The summed E-state index contributed by atoms with van der Waals surface area (Å²) >= 11 is 0. The molecule has 0 saturated heterocycles. The van der Waals surface area contributed by atoms with Gasteiger partial charge in [0.2, 0.25) is 0 Å². The van der Waals surface area contributed by atoms with E-state index >= 15 is 0 Å². The van der Waals surface area contributed by atoms with E-state index in [-0.39, 0.29) is 0 Å². The molecule has 1 saturated carbocycles. The Morgan fingerprint density at radius 3 is 2.91 bits per heavy atom. The van der Waals surface area contributed by atoms with Gasteiger partial charge < -0.3 is 0 Å². The summed E-state index contributed by atoms with van der Waals surface area (Å²) in [5, 5.41) is 0. The number of hydrogen-bond donors (Lipinski definition) is 0. The first-order valence-corrected chi connectivity index (χ1v) is 4.90. The summed E-state index contributed by atoms with van der Waals surface area (Å²) in [6.45, 7) is 8.76. The molecule has 2 unspecified atom stereocenters. The second kappa shape index (κ2) is 3.94. The molecule has 64 valence electrons. The minimum Gasteiger partial charge on any atom is -0.0999 e. The average Bonchev–Trinajstić information content (AvgIpc) is 1.98. The van der Waals surface area contributed by atoms with Crippen LogP contribution in [0.15, 0.2) is 12.2 Å². The molecular formula is C11H20. The average molecular weight is 152 g/mol. The molecule has 0 radical (unpaired) electrons. The zero-order valence-electron chi connectivity index (χ0n) is 7.90. The van der Waals surface area contributed by atoms with Gasteiger partial charge in [-0.2, -0.15) is 0 Å². The predicted molar refractivity (Wildman–Crippen MR) is 50.6 cm³/mol. The first kappa shape index (κ1) is 8.83. The van der Waals surface area contributed by atoms with Gasteiger partial charge in [-0.15, -0.1) is 0 Å². The Bertz CT molecular complexity index is 135. The van der Waals surface area contributed by atoms with Crippen molar-refractivity contribution in [3.8, 4) is 0 Å². The molecule has 0 nitrogen and oxygen atoms in total. The van der Waals surface area contributed by atoms with Crippen LogP contribution in [0.25, 0.3) is 0 Å². The van der Waals surface area contributed by atoms with Crippen LogP contribution in [-0.2, 0) is 0 Å². The molecule has 0 aliphatic heterocycles. The van der Waals surface area contributed by atoms with E-state index in [0.717, 1.165) is 11.8 Å². The molecule has 0 aromatic heterocycles. The Hall–Kier alpha value is -0.260. The minimum absolute atomic E-state index is 0.945. The SMILES string of the molecule is C=C1CCC(C)C(CCC)C1. The molecule has 0 amide bonds. The van der Waals surface area contributed by atoms with Crippen LogP contribution in [-0.4, -0.2) is 0 Å². The van der Waals surface area contributed by atoms with Crippen LogP contribution in [0.3, 0.4) is 0 Å². The van der Waals surface area contributed by atoms with Crippen molar-refractivity contribution >= 4 is 0 Å². The molecule has 1 aliphatic rings. The van der Waals surface area contributed by atoms with Crippen LogP contribution >= 0.6 is 0 Å². The van der Waals surface area contributed by atoms with Gasteiger partial charge in [0.25, 0.3) is 0 Å². The topological polar surface area (TPSA) is 0 Å². The third-order valence-electron chi connectivity index (χ3n) is 2.97. The molecular weight excluding hydrogens is 132 g/mol. The van der Waals surface area contributed by atoms with Crippen LogP contribution in [0, 0.1) is 11.8 Å². The van der Waals surface area contributed by atoms with E-state index in [0.29, 0.717) is 0 Å². The molecule has 0 bridgehead atoms. The van der Waals surface area contributed by atoms with Gasteiger partial charge in [0.1, 0.15) is 0 Å². The van der Waals surface area contributed by atoms with Crippen molar-refractivity contribution in [2.75, 3.05) is 0 Å². The maximum Gasteiger partial charge on any atom is -0.0292 e. The van der Waals surface area contributed by atoms with Crippen molar-refractivity contribution < 1.29 is 0 Å². The lowest BCUT2D eigenvalue weighted by Gasteiger charge is -2.29. The summed E-state index contributed by atoms with van der Waals surface area (Å²) in [6.07, 6.45) is 6.70. The van der Waals surface area contributed by atoms with Gasteiger partial charge in [-0.05, 0) is 31.1 Å². The number of rotatable bonds is 2. The van der Waals surface area contributed by atoms with E-state index in [9.17, 15) is 0 Å². The van der Waals surface area contributed by atoms with Gasteiger partial charge >= 0.3 is 0 Å². The first-order valence-electron chi connectivity index (χ1n) is 4.90. The van der Waals surface area contributed by atoms with Crippen LogP contribution in [0.2, 0.25) is 0 Å². The molecule has 0 heterocycles. The zero-order chi connectivity index (χ0) is 8.27. The lowest BCUT2D eigenvalue weighted by atomic mass is 9.76. The molecule has 1 fully saturated rings. The van der Waals surface area contributed by atoms with Gasteiger partial charge in [-0.1, -0.05) is 38.8 Å². The summed E-state index contributed by atoms with van der Waals surface area (Å²) < 4.78 is 0. The van der Waals surface area contributed by atoms with Gasteiger partial charge in [0.05, 0.1) is 0 Å². The van der Waals surface area contributed by atoms with Crippen molar-refractivity contribution in [1.29, 1.82) is 0 Å². The summed E-state index contributed by atoms with van der Waals surface area (Å²) in [6, 6.07) is 0. The van der Waals surface area contributed by atoms with Crippen molar-refractivity contribution in [2.24, 2.45) is 11.8 Å². The third-order valence-corrected chi connectivity index (χ3v) is 2.97. The molecule has 0 aromatic carbocycles. The number of hydrogen-bond acceptors (Lipinski definition) is 0. The fourth-order valence-corrected chi connectivity index (χ4v) is 2.10. The lowest BCUT2D eigenvalue weighted by Crippen LogP contribution is -2.17. The second-order valence-electron chi connectivity index (χ2n) is 4.02. The van der Waals surface area contributed by atoms with Crippen LogP contribution in [0.4, 0.5) is 0 Å². The second-order valence-corrected chi connectivity index (χ2v) is 4.02. The molecule has 1 aliphatic carbocycles. The quantitative estimate of drug-likeness (QED) is 0.528. The molecule has 0 aromatic rings. The maximum absolute atomic E-state index is 4.08. The Kier molecular flexibility index (Phi) is 3.16. The van der Waals surface area contributed by atoms with Crippen LogP contribution in [0.1, 0.15) is 46.0 Å². The fourth-order valence-electron chi connectivity index (χ4n) is 2.10. The predicted octanol–water partition coefficient (Wildman–Crippen LogP) is 3.78. The first-order chi connectivity index (χ1) is 5.24. The Balaban J connectivity index is 2.40. The largest absolute Gasteiger partial charge is 0.0999 e. The Morgan fingerprint density at radius 2 is 2.27 bits per heavy atom. The fraction of sp³-hybridized carbons (Fsp3) is 0.818. The maximum atomic E-state index is 4.08. The van der Waals surface area contributed by atoms with Crippen molar-refractivity contribution in [2.45, 2.75) is 46.0 Å². The van der Waals surface area contributed by atoms with Crippen molar-refractivity contribution in [3.63, 3.8) is 0 Å². The zero-order valence-corrected chi connectivity index (χ0v) is 7.90. The van der Waals surface area contributed by atoms with Gasteiger partial charge in [0.15, 0.2) is 0 Å².